The topological polar surface area (TPSA) is 98.5 Å². The number of nitrogens with one attached hydrogen (secondary N) is 1. The summed E-state index contributed by atoms with van der Waals surface area (Å²) in [6, 6.07) is 5.51. The number of primary sulfonamides is 1. The summed E-state index contributed by atoms with van der Waals surface area (Å²) in [7, 11) is -3.73. The van der Waals surface area contributed by atoms with Crippen LogP contribution < -0.4 is 10.5 Å². The van der Waals surface area contributed by atoms with E-state index in [4.69, 9.17) is 9.88 Å². The SMILES string of the molecule is NS(=O)(=O)c1ccc(C(=O)NCCOC2CCCC2)cc1. The number of hydrogen-bond acceptors (Lipinski definition) is 4. The molecule has 0 atom stereocenters. The Morgan fingerprint density at radius 3 is 2.43 bits per heavy atom. The van der Waals surface area contributed by atoms with Crippen LogP contribution in [0, 0.1) is 0 Å². The predicted octanol–water partition coefficient (Wildman–Crippen LogP) is 1.02. The smallest absolute Gasteiger partial charge is 0.251 e. The Balaban J connectivity index is 1.77. The molecular formula is C14H20N2O4S. The Hall–Kier alpha value is -1.44. The Morgan fingerprint density at radius 1 is 1.24 bits per heavy atom. The Labute approximate surface area is 124 Å². The summed E-state index contributed by atoms with van der Waals surface area (Å²) in [5.74, 6) is -0.258. The highest BCUT2D eigenvalue weighted by molar-refractivity contribution is 7.89. The van der Waals surface area contributed by atoms with E-state index in [0.717, 1.165) is 12.8 Å². The third-order valence-electron chi connectivity index (χ3n) is 3.49. The Kier molecular flexibility index (Phi) is 5.33. The molecule has 0 saturated heterocycles. The van der Waals surface area contributed by atoms with Gasteiger partial charge < -0.3 is 10.1 Å². The van der Waals surface area contributed by atoms with Crippen LogP contribution in [0.2, 0.25) is 0 Å². The molecule has 0 aliphatic heterocycles. The molecule has 6 nitrogen and oxygen atoms in total. The average molecular weight is 312 g/mol. The third kappa shape index (κ3) is 4.80. The first kappa shape index (κ1) is 15.9. The number of benzene rings is 1. The molecule has 2 rings (SSSR count). The van der Waals surface area contributed by atoms with Gasteiger partial charge in [-0.25, -0.2) is 13.6 Å². The number of nitrogens with two attached hydrogens (primary N) is 1. The zero-order valence-electron chi connectivity index (χ0n) is 11.7. The molecule has 0 unspecified atom stereocenters. The molecular weight excluding hydrogens is 292 g/mol. The second-order valence-corrected chi connectivity index (χ2v) is 6.66. The standard InChI is InChI=1S/C14H20N2O4S/c15-21(18,19)13-7-5-11(6-8-13)14(17)16-9-10-20-12-3-1-2-4-12/h5-8,12H,1-4,9-10H2,(H,16,17)(H2,15,18,19). The second kappa shape index (κ2) is 7.02. The fourth-order valence-corrected chi connectivity index (χ4v) is 2.86. The van der Waals surface area contributed by atoms with E-state index in [1.807, 2.05) is 0 Å². The number of carbonyl (C=O) groups is 1. The minimum atomic E-state index is -3.73. The number of amides is 1. The van der Waals surface area contributed by atoms with Crippen LogP contribution in [0.3, 0.4) is 0 Å². The first-order valence-electron chi connectivity index (χ1n) is 6.99. The van der Waals surface area contributed by atoms with Crippen LogP contribution >= 0.6 is 0 Å². The monoisotopic (exact) mass is 312 g/mol. The van der Waals surface area contributed by atoms with Crippen LogP contribution in [0.25, 0.3) is 0 Å². The van der Waals surface area contributed by atoms with Crippen LogP contribution in [0.15, 0.2) is 29.2 Å². The van der Waals surface area contributed by atoms with Crippen molar-refractivity contribution in [2.75, 3.05) is 13.2 Å². The number of sulfonamides is 1. The van der Waals surface area contributed by atoms with E-state index >= 15 is 0 Å². The molecule has 1 aliphatic rings. The molecule has 0 radical (unpaired) electrons. The van der Waals surface area contributed by atoms with Gasteiger partial charge in [-0.2, -0.15) is 0 Å². The van der Waals surface area contributed by atoms with Crippen LogP contribution in [-0.2, 0) is 14.8 Å². The molecule has 0 spiro atoms. The molecule has 1 aromatic rings. The lowest BCUT2D eigenvalue weighted by atomic mass is 10.2. The molecule has 1 amide bonds. The first-order valence-corrected chi connectivity index (χ1v) is 8.54. The van der Waals surface area contributed by atoms with E-state index in [2.05, 4.69) is 5.32 Å². The zero-order chi connectivity index (χ0) is 15.3. The number of rotatable bonds is 6. The molecule has 0 heterocycles. The molecule has 21 heavy (non-hydrogen) atoms. The van der Waals surface area contributed by atoms with Gasteiger partial charge in [0.1, 0.15) is 0 Å². The van der Waals surface area contributed by atoms with Gasteiger partial charge in [0, 0.05) is 12.1 Å². The summed E-state index contributed by atoms with van der Waals surface area (Å²) in [4.78, 5) is 11.8. The quantitative estimate of drug-likeness (QED) is 0.766. The van der Waals surface area contributed by atoms with Gasteiger partial charge in [0.15, 0.2) is 0 Å². The summed E-state index contributed by atoms with van der Waals surface area (Å²) in [5, 5.41) is 7.73. The van der Waals surface area contributed by atoms with Crippen LogP contribution in [-0.4, -0.2) is 33.6 Å². The molecule has 0 bridgehead atoms. The lowest BCUT2D eigenvalue weighted by Gasteiger charge is -2.11. The normalized spacial score (nSPS) is 16.0. The summed E-state index contributed by atoms with van der Waals surface area (Å²) >= 11 is 0. The van der Waals surface area contributed by atoms with Gasteiger partial charge in [0.25, 0.3) is 5.91 Å². The molecule has 1 aromatic carbocycles. The molecule has 0 aromatic heterocycles. The van der Waals surface area contributed by atoms with E-state index in [0.29, 0.717) is 24.8 Å². The predicted molar refractivity (Wildman–Crippen MR) is 78.4 cm³/mol. The highest BCUT2D eigenvalue weighted by atomic mass is 32.2. The van der Waals surface area contributed by atoms with Gasteiger partial charge in [-0.3, -0.25) is 4.79 Å². The largest absolute Gasteiger partial charge is 0.376 e. The summed E-state index contributed by atoms with van der Waals surface area (Å²) in [5.41, 5.74) is 0.392. The van der Waals surface area contributed by atoms with Crippen molar-refractivity contribution in [3.63, 3.8) is 0 Å². The van der Waals surface area contributed by atoms with Gasteiger partial charge in [-0.1, -0.05) is 12.8 Å². The van der Waals surface area contributed by atoms with Crippen molar-refractivity contribution in [2.45, 2.75) is 36.7 Å². The molecule has 7 heteroatoms. The number of ether oxygens (including phenoxy) is 1. The van der Waals surface area contributed by atoms with Crippen molar-refractivity contribution >= 4 is 15.9 Å². The minimum absolute atomic E-state index is 0.0105. The van der Waals surface area contributed by atoms with Crippen LogP contribution in [0.4, 0.5) is 0 Å². The van der Waals surface area contributed by atoms with Crippen molar-refractivity contribution < 1.29 is 17.9 Å². The minimum Gasteiger partial charge on any atom is -0.376 e. The first-order chi connectivity index (χ1) is 9.97. The summed E-state index contributed by atoms with van der Waals surface area (Å²) < 4.78 is 27.9. The van der Waals surface area contributed by atoms with Gasteiger partial charge in [-0.15, -0.1) is 0 Å². The summed E-state index contributed by atoms with van der Waals surface area (Å²) in [6.07, 6.45) is 4.96. The van der Waals surface area contributed by atoms with Gasteiger partial charge >= 0.3 is 0 Å². The molecule has 1 saturated carbocycles. The fourth-order valence-electron chi connectivity index (χ4n) is 2.34. The van der Waals surface area contributed by atoms with Crippen molar-refractivity contribution in [3.8, 4) is 0 Å². The van der Waals surface area contributed by atoms with Crippen LogP contribution in [0.5, 0.6) is 0 Å². The second-order valence-electron chi connectivity index (χ2n) is 5.10. The molecule has 116 valence electrons. The average Bonchev–Trinajstić information content (AvgIpc) is 2.96. The number of hydrogen-bond donors (Lipinski definition) is 2. The van der Waals surface area contributed by atoms with E-state index in [1.165, 1.54) is 37.1 Å². The Bertz CT molecular complexity index is 577. The maximum absolute atomic E-state index is 11.9. The zero-order valence-corrected chi connectivity index (χ0v) is 12.6. The van der Waals surface area contributed by atoms with Crippen molar-refractivity contribution in [1.29, 1.82) is 0 Å². The lowest BCUT2D eigenvalue weighted by Crippen LogP contribution is -2.28. The van der Waals surface area contributed by atoms with E-state index in [1.54, 1.807) is 0 Å². The highest BCUT2D eigenvalue weighted by Crippen LogP contribution is 2.20. The van der Waals surface area contributed by atoms with E-state index in [9.17, 15) is 13.2 Å². The van der Waals surface area contributed by atoms with Crippen molar-refractivity contribution in [2.24, 2.45) is 5.14 Å². The fraction of sp³-hybridized carbons (Fsp3) is 0.500. The number of carbonyl (C=O) groups excluding carboxylic acids is 1. The van der Waals surface area contributed by atoms with E-state index < -0.39 is 10.0 Å². The maximum Gasteiger partial charge on any atom is 0.251 e. The molecule has 3 N–H and O–H groups in total. The molecule has 1 aliphatic carbocycles. The van der Waals surface area contributed by atoms with Crippen molar-refractivity contribution in [1.82, 2.24) is 5.32 Å². The van der Waals surface area contributed by atoms with Gasteiger partial charge in [0.05, 0.1) is 17.6 Å². The Morgan fingerprint density at radius 2 is 1.86 bits per heavy atom. The van der Waals surface area contributed by atoms with Crippen molar-refractivity contribution in [3.05, 3.63) is 29.8 Å². The highest BCUT2D eigenvalue weighted by Gasteiger charge is 2.15. The maximum atomic E-state index is 11.9. The third-order valence-corrected chi connectivity index (χ3v) is 4.42. The molecule has 1 fully saturated rings. The van der Waals surface area contributed by atoms with E-state index in [-0.39, 0.29) is 10.8 Å². The van der Waals surface area contributed by atoms with Gasteiger partial charge in [0.2, 0.25) is 10.0 Å². The van der Waals surface area contributed by atoms with Gasteiger partial charge in [-0.05, 0) is 37.1 Å². The lowest BCUT2D eigenvalue weighted by molar-refractivity contribution is 0.0582. The van der Waals surface area contributed by atoms with Crippen LogP contribution in [0.1, 0.15) is 36.0 Å². The summed E-state index contributed by atoms with van der Waals surface area (Å²) in [6.45, 7) is 0.929.